The van der Waals surface area contributed by atoms with Crippen molar-refractivity contribution in [3.63, 3.8) is 0 Å². The van der Waals surface area contributed by atoms with Crippen LogP contribution in [0, 0.1) is 0 Å². The number of aliphatic hydroxyl groups excluding tert-OH is 7. The molecule has 11 nitrogen and oxygen atoms in total. The monoisotopic (exact) mass is 1220 g/mol. The fourth-order valence-electron chi connectivity index (χ4n) is 12.7. The maximum atomic E-state index is 13.3. The maximum absolute atomic E-state index is 13.3. The van der Waals surface area contributed by atoms with Crippen LogP contribution < -0.4 is 5.32 Å². The normalized spacial score (nSPS) is 18.7. The predicted octanol–water partition coefficient (Wildman–Crippen LogP) is 19.0. The highest BCUT2D eigenvalue weighted by atomic mass is 16.7. The molecule has 0 aromatic carbocycles. The number of amides is 1. The second-order valence-electron chi connectivity index (χ2n) is 27.1. The summed E-state index contributed by atoms with van der Waals surface area (Å²) < 4.78 is 11.2. The molecule has 1 aliphatic rings. The van der Waals surface area contributed by atoms with Crippen LogP contribution in [0.25, 0.3) is 0 Å². The van der Waals surface area contributed by atoms with E-state index in [4.69, 9.17) is 9.47 Å². The molecule has 0 spiro atoms. The Morgan fingerprint density at radius 3 is 1.00 bits per heavy atom. The van der Waals surface area contributed by atoms with Crippen LogP contribution in [0.1, 0.15) is 393 Å². The molecule has 1 amide bonds. The number of ether oxygens (including phenoxy) is 2. The van der Waals surface area contributed by atoms with Crippen molar-refractivity contribution in [1.29, 1.82) is 0 Å². The lowest BCUT2D eigenvalue weighted by molar-refractivity contribution is -0.303. The Hall–Kier alpha value is -1.15. The van der Waals surface area contributed by atoms with Gasteiger partial charge >= 0.3 is 0 Å². The first-order chi connectivity index (χ1) is 42.2. The molecule has 11 heteroatoms. The van der Waals surface area contributed by atoms with E-state index < -0.39 is 74.2 Å². The SMILES string of the molecule is CCCCCCCCCCCCCCCCCC/C=C/CCCC(O)C(O)C(COC1OC(CO)C(O)C(O)C1O)NC(=O)C(O)CCCCCCCCCCCCCCCCCCCCCCCCCCCCCCCCCCCCCCCC. The summed E-state index contributed by atoms with van der Waals surface area (Å²) in [4.78, 5) is 13.3. The lowest BCUT2D eigenvalue weighted by Crippen LogP contribution is -2.60. The molecule has 1 rings (SSSR count). The summed E-state index contributed by atoms with van der Waals surface area (Å²) in [6, 6.07) is -1.18. The zero-order valence-electron chi connectivity index (χ0n) is 56.8. The van der Waals surface area contributed by atoms with Crippen molar-refractivity contribution in [2.45, 2.75) is 448 Å². The van der Waals surface area contributed by atoms with Crippen LogP contribution in [-0.4, -0.2) is 110 Å². The summed E-state index contributed by atoms with van der Waals surface area (Å²) >= 11 is 0. The van der Waals surface area contributed by atoms with E-state index >= 15 is 0 Å². The van der Waals surface area contributed by atoms with Gasteiger partial charge in [-0.05, 0) is 38.5 Å². The van der Waals surface area contributed by atoms with E-state index in [1.807, 2.05) is 0 Å². The first-order valence-electron chi connectivity index (χ1n) is 38.1. The predicted molar refractivity (Wildman–Crippen MR) is 363 cm³/mol. The molecule has 1 saturated heterocycles. The molecule has 0 aromatic heterocycles. The van der Waals surface area contributed by atoms with Crippen molar-refractivity contribution in [1.82, 2.24) is 5.32 Å². The third-order valence-corrected chi connectivity index (χ3v) is 18.8. The van der Waals surface area contributed by atoms with E-state index in [-0.39, 0.29) is 12.8 Å². The van der Waals surface area contributed by atoms with Gasteiger partial charge in [0.05, 0.1) is 25.4 Å². The minimum atomic E-state index is -1.67. The molecule has 8 N–H and O–H groups in total. The highest BCUT2D eigenvalue weighted by Crippen LogP contribution is 2.24. The molecule has 0 radical (unpaired) electrons. The third kappa shape index (κ3) is 50.5. The molecule has 9 atom stereocenters. The number of carbonyl (C=O) groups excluding carboxylic acids is 1. The first kappa shape index (κ1) is 82.9. The van der Waals surface area contributed by atoms with Gasteiger partial charge in [0.1, 0.15) is 36.6 Å². The van der Waals surface area contributed by atoms with Gasteiger partial charge in [0.15, 0.2) is 6.29 Å². The van der Waals surface area contributed by atoms with Crippen LogP contribution in [0.4, 0.5) is 0 Å². The molecule has 0 bridgehead atoms. The zero-order chi connectivity index (χ0) is 62.4. The summed E-state index contributed by atoms with van der Waals surface area (Å²) in [6.45, 7) is 3.51. The van der Waals surface area contributed by atoms with Crippen LogP contribution >= 0.6 is 0 Å². The molecule has 0 aromatic rings. The Morgan fingerprint density at radius 2 is 0.686 bits per heavy atom. The zero-order valence-corrected chi connectivity index (χ0v) is 56.8. The summed E-state index contributed by atoms with van der Waals surface area (Å²) in [5, 5.41) is 76.5. The minimum absolute atomic E-state index is 0.260. The Bertz CT molecular complexity index is 1400. The van der Waals surface area contributed by atoms with E-state index in [2.05, 4.69) is 31.3 Å². The Kier molecular flexibility index (Phi) is 61.6. The number of hydrogen-bond donors (Lipinski definition) is 8. The highest BCUT2D eigenvalue weighted by Gasteiger charge is 2.44. The van der Waals surface area contributed by atoms with Gasteiger partial charge in [-0.1, -0.05) is 366 Å². The molecular formula is C75H147NO10. The van der Waals surface area contributed by atoms with Gasteiger partial charge in [-0.25, -0.2) is 0 Å². The highest BCUT2D eigenvalue weighted by molar-refractivity contribution is 5.80. The first-order valence-corrected chi connectivity index (χ1v) is 38.1. The lowest BCUT2D eigenvalue weighted by Gasteiger charge is -2.40. The third-order valence-electron chi connectivity index (χ3n) is 18.8. The molecule has 1 fully saturated rings. The molecule has 0 aliphatic carbocycles. The molecule has 86 heavy (non-hydrogen) atoms. The van der Waals surface area contributed by atoms with Crippen molar-refractivity contribution in [2.24, 2.45) is 0 Å². The van der Waals surface area contributed by atoms with Crippen LogP contribution in [0.5, 0.6) is 0 Å². The number of nitrogens with one attached hydrogen (secondary N) is 1. The second kappa shape index (κ2) is 64.0. The smallest absolute Gasteiger partial charge is 0.249 e. The summed E-state index contributed by atoms with van der Waals surface area (Å²) in [7, 11) is 0. The Morgan fingerprint density at radius 1 is 0.395 bits per heavy atom. The second-order valence-corrected chi connectivity index (χ2v) is 27.1. The van der Waals surface area contributed by atoms with Gasteiger partial charge in [-0.15, -0.1) is 0 Å². The standard InChI is InChI=1S/C75H147NO10/c1-3-5-7-9-11-13-15-17-19-21-23-25-26-27-28-29-30-31-32-33-34-35-36-37-38-39-40-41-43-45-47-49-51-53-55-57-59-61-63-68(79)74(84)76-66(65-85-75-73(83)72(82)71(81)69(64-77)86-75)70(80)67(78)62-60-58-56-54-52-50-48-46-44-42-24-22-20-18-16-14-12-10-8-6-4-2/h54,56,66-73,75,77-83H,3-53,55,57-65H2,1-2H3,(H,76,84)/b56-54+. The van der Waals surface area contributed by atoms with E-state index in [0.717, 1.165) is 38.5 Å². The van der Waals surface area contributed by atoms with Crippen molar-refractivity contribution < 1.29 is 50.0 Å². The maximum Gasteiger partial charge on any atom is 0.249 e. The number of allylic oxidation sites excluding steroid dienone is 2. The van der Waals surface area contributed by atoms with Crippen LogP contribution in [0.2, 0.25) is 0 Å². The fraction of sp³-hybridized carbons (Fsp3) is 0.960. The number of carbonyl (C=O) groups is 1. The van der Waals surface area contributed by atoms with Crippen molar-refractivity contribution >= 4 is 5.91 Å². The molecule has 9 unspecified atom stereocenters. The van der Waals surface area contributed by atoms with Gasteiger partial charge in [0.25, 0.3) is 0 Å². The van der Waals surface area contributed by atoms with Gasteiger partial charge in [-0.2, -0.15) is 0 Å². The van der Waals surface area contributed by atoms with Gasteiger partial charge in [0, 0.05) is 0 Å². The number of rotatable bonds is 68. The minimum Gasteiger partial charge on any atom is -0.394 e. The number of aliphatic hydroxyl groups is 7. The summed E-state index contributed by atoms with van der Waals surface area (Å²) in [6.07, 6.45) is 69.1. The fourth-order valence-corrected chi connectivity index (χ4v) is 12.7. The molecule has 0 saturated carbocycles. The van der Waals surface area contributed by atoms with Gasteiger partial charge < -0.3 is 50.5 Å². The molecule has 1 heterocycles. The van der Waals surface area contributed by atoms with E-state index in [9.17, 15) is 40.5 Å². The van der Waals surface area contributed by atoms with Crippen molar-refractivity contribution in [3.8, 4) is 0 Å². The van der Waals surface area contributed by atoms with E-state index in [1.54, 1.807) is 0 Å². The quantitative estimate of drug-likeness (QED) is 0.0215. The Balaban J connectivity index is 2.11. The van der Waals surface area contributed by atoms with E-state index in [1.165, 1.54) is 315 Å². The topological polar surface area (TPSA) is 189 Å². The van der Waals surface area contributed by atoms with Crippen LogP contribution in [0.3, 0.4) is 0 Å². The van der Waals surface area contributed by atoms with Crippen molar-refractivity contribution in [2.75, 3.05) is 13.2 Å². The largest absolute Gasteiger partial charge is 0.394 e. The average Bonchev–Trinajstić information content (AvgIpc) is 2.94. The average molecular weight is 1220 g/mol. The summed E-state index contributed by atoms with van der Waals surface area (Å²) in [5.41, 5.74) is 0. The van der Waals surface area contributed by atoms with Crippen LogP contribution in [-0.2, 0) is 14.3 Å². The van der Waals surface area contributed by atoms with Crippen LogP contribution in [0.15, 0.2) is 12.2 Å². The van der Waals surface area contributed by atoms with Gasteiger partial charge in [-0.3, -0.25) is 4.79 Å². The lowest BCUT2D eigenvalue weighted by atomic mass is 9.98. The van der Waals surface area contributed by atoms with Gasteiger partial charge in [0.2, 0.25) is 5.91 Å². The van der Waals surface area contributed by atoms with Crippen molar-refractivity contribution in [3.05, 3.63) is 12.2 Å². The summed E-state index contributed by atoms with van der Waals surface area (Å²) in [5.74, 6) is -0.697. The molecule has 1 aliphatic heterocycles. The van der Waals surface area contributed by atoms with E-state index in [0.29, 0.717) is 12.8 Å². The number of hydrogen-bond acceptors (Lipinski definition) is 10. The molecular weight excluding hydrogens is 1070 g/mol. The molecule has 512 valence electrons. The Labute approximate surface area is 532 Å². The number of unbranched alkanes of at least 4 members (excludes halogenated alkanes) is 54.